The van der Waals surface area contributed by atoms with Crippen LogP contribution in [0.4, 0.5) is 5.13 Å². The van der Waals surface area contributed by atoms with Crippen LogP contribution in [0, 0.1) is 0 Å². The van der Waals surface area contributed by atoms with Crippen molar-refractivity contribution in [2.24, 2.45) is 0 Å². The fourth-order valence-corrected chi connectivity index (χ4v) is 6.23. The van der Waals surface area contributed by atoms with Gasteiger partial charge in [-0.25, -0.2) is 13.4 Å². The molecule has 1 aliphatic rings. The number of carbonyl (C=O) groups excluding carboxylic acids is 1. The van der Waals surface area contributed by atoms with E-state index in [1.54, 1.807) is 50.6 Å². The van der Waals surface area contributed by atoms with E-state index in [4.69, 9.17) is 9.47 Å². The fraction of sp³-hybridized carbons (Fsp3) is 0.304. The topological polar surface area (TPSA) is 97.8 Å². The van der Waals surface area contributed by atoms with Crippen LogP contribution >= 0.6 is 11.3 Å². The Bertz CT molecular complexity index is 1230. The molecule has 2 heterocycles. The number of thiazole rings is 1. The second-order valence-corrected chi connectivity index (χ2v) is 10.3. The van der Waals surface area contributed by atoms with Crippen molar-refractivity contribution < 1.29 is 22.7 Å². The molecule has 1 N–H and O–H groups in total. The lowest BCUT2D eigenvalue weighted by Crippen LogP contribution is -2.49. The predicted octanol–water partition coefficient (Wildman–Crippen LogP) is 4.01. The van der Waals surface area contributed by atoms with E-state index < -0.39 is 16.1 Å². The number of hydrogen-bond donors (Lipinski definition) is 1. The van der Waals surface area contributed by atoms with Crippen LogP contribution < -0.4 is 14.8 Å². The maximum absolute atomic E-state index is 13.2. The van der Waals surface area contributed by atoms with Crippen molar-refractivity contribution in [3.8, 4) is 22.8 Å². The minimum Gasteiger partial charge on any atom is -0.493 e. The van der Waals surface area contributed by atoms with E-state index in [9.17, 15) is 13.2 Å². The quantitative estimate of drug-likeness (QED) is 0.541. The lowest BCUT2D eigenvalue weighted by atomic mass is 10.0. The number of anilines is 1. The van der Waals surface area contributed by atoms with Crippen LogP contribution in [-0.4, -0.2) is 50.4 Å². The van der Waals surface area contributed by atoms with Crippen LogP contribution in [0.1, 0.15) is 19.3 Å². The number of hydrogen-bond acceptors (Lipinski definition) is 7. The number of ether oxygens (including phenoxy) is 2. The predicted molar refractivity (Wildman–Crippen MR) is 127 cm³/mol. The molecule has 1 aliphatic heterocycles. The maximum atomic E-state index is 13.2. The number of benzene rings is 2. The standard InChI is InChI=1S/C23H25N3O5S2/c1-30-20-12-11-16(14-21(20)31-2)18-15-32-23(24-18)25-22(27)19-10-6-7-13-26(19)33(28,29)17-8-4-3-5-9-17/h3-5,8-9,11-12,14-15,19H,6-7,10,13H2,1-2H3,(H,24,25,27). The molecule has 0 aliphatic carbocycles. The van der Waals surface area contributed by atoms with Gasteiger partial charge in [0.25, 0.3) is 0 Å². The normalized spacial score (nSPS) is 16.8. The van der Waals surface area contributed by atoms with Gasteiger partial charge in [0.05, 0.1) is 24.8 Å². The van der Waals surface area contributed by atoms with Gasteiger partial charge in [0, 0.05) is 17.5 Å². The van der Waals surface area contributed by atoms with Gasteiger partial charge in [-0.15, -0.1) is 11.3 Å². The summed E-state index contributed by atoms with van der Waals surface area (Å²) in [6, 6.07) is 12.9. The van der Waals surface area contributed by atoms with E-state index in [1.807, 2.05) is 17.5 Å². The molecule has 0 bridgehead atoms. The highest BCUT2D eigenvalue weighted by atomic mass is 32.2. The van der Waals surface area contributed by atoms with Crippen LogP contribution in [0.5, 0.6) is 11.5 Å². The number of sulfonamides is 1. The zero-order valence-corrected chi connectivity index (χ0v) is 20.0. The molecule has 1 fully saturated rings. The fourth-order valence-electron chi connectivity index (χ4n) is 3.83. The summed E-state index contributed by atoms with van der Waals surface area (Å²) in [6.07, 6.45) is 1.97. The van der Waals surface area contributed by atoms with Crippen LogP contribution in [0.15, 0.2) is 58.8 Å². The smallest absolute Gasteiger partial charge is 0.244 e. The monoisotopic (exact) mass is 487 g/mol. The van der Waals surface area contributed by atoms with E-state index >= 15 is 0 Å². The Morgan fingerprint density at radius 1 is 1.09 bits per heavy atom. The van der Waals surface area contributed by atoms with Crippen molar-refractivity contribution in [2.45, 2.75) is 30.2 Å². The van der Waals surface area contributed by atoms with Crippen LogP contribution in [0.3, 0.4) is 0 Å². The third-order valence-electron chi connectivity index (χ3n) is 5.52. The van der Waals surface area contributed by atoms with Crippen molar-refractivity contribution in [3.63, 3.8) is 0 Å². The molecule has 0 radical (unpaired) electrons. The van der Waals surface area contributed by atoms with Gasteiger partial charge in [-0.1, -0.05) is 24.6 Å². The Hall–Kier alpha value is -2.95. The minimum atomic E-state index is -3.77. The maximum Gasteiger partial charge on any atom is 0.244 e. The highest BCUT2D eigenvalue weighted by Crippen LogP contribution is 2.34. The molecule has 3 aromatic rings. The Morgan fingerprint density at radius 3 is 2.58 bits per heavy atom. The molecule has 1 amide bonds. The van der Waals surface area contributed by atoms with Crippen molar-refractivity contribution in [2.75, 3.05) is 26.1 Å². The summed E-state index contributed by atoms with van der Waals surface area (Å²) in [5.41, 5.74) is 1.49. The van der Waals surface area contributed by atoms with Gasteiger partial charge in [0.2, 0.25) is 15.9 Å². The lowest BCUT2D eigenvalue weighted by Gasteiger charge is -2.33. The summed E-state index contributed by atoms with van der Waals surface area (Å²) in [4.78, 5) is 17.8. The Kier molecular flexibility index (Phi) is 6.96. The molecule has 0 saturated carbocycles. The molecule has 0 spiro atoms. The number of aromatic nitrogens is 1. The van der Waals surface area contributed by atoms with Gasteiger partial charge < -0.3 is 14.8 Å². The van der Waals surface area contributed by atoms with Crippen LogP contribution in [0.25, 0.3) is 11.3 Å². The molecule has 33 heavy (non-hydrogen) atoms. The molecule has 1 unspecified atom stereocenters. The Balaban J connectivity index is 1.53. The van der Waals surface area contributed by atoms with Gasteiger partial charge in [-0.2, -0.15) is 4.31 Å². The summed E-state index contributed by atoms with van der Waals surface area (Å²) in [6.45, 7) is 0.310. The Morgan fingerprint density at radius 2 is 1.85 bits per heavy atom. The molecule has 1 aromatic heterocycles. The third-order valence-corrected chi connectivity index (χ3v) is 8.20. The van der Waals surface area contributed by atoms with E-state index in [-0.39, 0.29) is 10.8 Å². The van der Waals surface area contributed by atoms with Crippen molar-refractivity contribution in [1.82, 2.24) is 9.29 Å². The summed E-state index contributed by atoms with van der Waals surface area (Å²) in [7, 11) is -0.638. The second-order valence-electron chi connectivity index (χ2n) is 7.54. The highest BCUT2D eigenvalue weighted by Gasteiger charge is 2.37. The first-order valence-corrected chi connectivity index (χ1v) is 12.8. The van der Waals surface area contributed by atoms with E-state index in [0.29, 0.717) is 35.3 Å². The minimum absolute atomic E-state index is 0.190. The third kappa shape index (κ3) is 4.87. The van der Waals surface area contributed by atoms with Crippen molar-refractivity contribution in [1.29, 1.82) is 0 Å². The molecular weight excluding hydrogens is 462 g/mol. The van der Waals surface area contributed by atoms with Gasteiger partial charge in [0.15, 0.2) is 16.6 Å². The average molecular weight is 488 g/mol. The molecule has 1 atom stereocenters. The van der Waals surface area contributed by atoms with Crippen molar-refractivity contribution in [3.05, 3.63) is 53.9 Å². The zero-order valence-electron chi connectivity index (χ0n) is 18.4. The zero-order chi connectivity index (χ0) is 23.4. The summed E-state index contributed by atoms with van der Waals surface area (Å²) in [5, 5.41) is 5.05. The Labute approximate surface area is 197 Å². The van der Waals surface area contributed by atoms with Gasteiger partial charge in [-0.05, 0) is 43.2 Å². The van der Waals surface area contributed by atoms with Crippen LogP contribution in [-0.2, 0) is 14.8 Å². The van der Waals surface area contributed by atoms with Gasteiger partial charge in [0.1, 0.15) is 6.04 Å². The molecule has 4 rings (SSSR count). The second kappa shape index (κ2) is 9.90. The molecule has 10 heteroatoms. The number of amides is 1. The average Bonchev–Trinajstić information content (AvgIpc) is 3.32. The van der Waals surface area contributed by atoms with Gasteiger partial charge >= 0.3 is 0 Å². The van der Waals surface area contributed by atoms with Gasteiger partial charge in [-0.3, -0.25) is 4.79 Å². The lowest BCUT2D eigenvalue weighted by molar-refractivity contribution is -0.120. The summed E-state index contributed by atoms with van der Waals surface area (Å²) >= 11 is 1.28. The van der Waals surface area contributed by atoms with Crippen molar-refractivity contribution >= 4 is 32.4 Å². The molecular formula is C23H25N3O5S2. The molecule has 2 aromatic carbocycles. The highest BCUT2D eigenvalue weighted by molar-refractivity contribution is 7.89. The number of nitrogens with zero attached hydrogens (tertiary/aromatic N) is 2. The molecule has 1 saturated heterocycles. The summed E-state index contributed by atoms with van der Waals surface area (Å²) in [5.74, 6) is 0.821. The number of methoxy groups -OCH3 is 2. The van der Waals surface area contributed by atoms with E-state index in [0.717, 1.165) is 18.4 Å². The molecule has 8 nitrogen and oxygen atoms in total. The SMILES string of the molecule is COc1ccc(-c2csc(NC(=O)C3CCCCN3S(=O)(=O)c3ccccc3)n2)cc1OC. The number of carbonyl (C=O) groups is 1. The number of nitrogens with one attached hydrogen (secondary N) is 1. The van der Waals surface area contributed by atoms with E-state index in [1.165, 1.54) is 15.6 Å². The summed E-state index contributed by atoms with van der Waals surface area (Å²) < 4.78 is 38.3. The number of rotatable bonds is 7. The van der Waals surface area contributed by atoms with Crippen LogP contribution in [0.2, 0.25) is 0 Å². The largest absolute Gasteiger partial charge is 0.493 e. The first-order chi connectivity index (χ1) is 15.9. The molecule has 174 valence electrons. The number of piperidine rings is 1. The first-order valence-electron chi connectivity index (χ1n) is 10.5. The first kappa shape index (κ1) is 23.2. The van der Waals surface area contributed by atoms with E-state index in [2.05, 4.69) is 10.3 Å².